The maximum atomic E-state index is 13.2. The number of hydrogen-bond donors (Lipinski definition) is 11. The average Bonchev–Trinajstić information content (AvgIpc) is 3.24. The summed E-state index contributed by atoms with van der Waals surface area (Å²) in [6.45, 7) is -0.454. The van der Waals surface area contributed by atoms with Gasteiger partial charge in [-0.15, -0.1) is 0 Å². The molecule has 354 valence electrons. The van der Waals surface area contributed by atoms with Gasteiger partial charge in [0.1, 0.15) is 67.1 Å². The highest BCUT2D eigenvalue weighted by Gasteiger charge is 2.61. The first-order chi connectivity index (χ1) is 28.8. The van der Waals surface area contributed by atoms with Crippen molar-refractivity contribution in [2.45, 2.75) is 240 Å². The summed E-state index contributed by atoms with van der Waals surface area (Å²) >= 11 is 0. The lowest BCUT2D eigenvalue weighted by molar-refractivity contribution is -0.473. The van der Waals surface area contributed by atoms with Gasteiger partial charge in [-0.3, -0.25) is 4.79 Å². The molecule has 60 heavy (non-hydrogen) atoms. The van der Waals surface area contributed by atoms with Crippen LogP contribution >= 0.6 is 0 Å². The van der Waals surface area contributed by atoms with Crippen molar-refractivity contribution in [3.05, 3.63) is 0 Å². The van der Waals surface area contributed by atoms with Crippen LogP contribution in [0.3, 0.4) is 0 Å². The molecule has 0 aliphatic carbocycles. The van der Waals surface area contributed by atoms with E-state index in [0.29, 0.717) is 12.8 Å². The number of aliphatic hydroxyl groups excluding tert-OH is 11. The Balaban J connectivity index is 1.43. The van der Waals surface area contributed by atoms with E-state index in [1.165, 1.54) is 96.3 Å². The summed E-state index contributed by atoms with van der Waals surface area (Å²) in [7, 11) is 0. The molecule has 0 aromatic carbocycles. The lowest BCUT2D eigenvalue weighted by atomic mass is 9.95. The summed E-state index contributed by atoms with van der Waals surface area (Å²) in [5.41, 5.74) is 0. The maximum Gasteiger partial charge on any atom is 0.360 e. The van der Waals surface area contributed by atoms with E-state index in [-0.39, 0.29) is 6.42 Å². The minimum Gasteiger partial charge on any atom is -0.405 e. The van der Waals surface area contributed by atoms with Gasteiger partial charge in [0.25, 0.3) is 0 Å². The van der Waals surface area contributed by atoms with E-state index in [4.69, 9.17) is 28.4 Å². The fourth-order valence-corrected chi connectivity index (χ4v) is 8.12. The van der Waals surface area contributed by atoms with Gasteiger partial charge in [-0.25, -0.2) is 0 Å². The van der Waals surface area contributed by atoms with Gasteiger partial charge < -0.3 is 84.6 Å². The third kappa shape index (κ3) is 16.1. The van der Waals surface area contributed by atoms with Crippen LogP contribution in [0.4, 0.5) is 0 Å². The average molecular weight is 871 g/mol. The van der Waals surface area contributed by atoms with Crippen LogP contribution in [0.1, 0.15) is 148 Å². The Morgan fingerprint density at radius 3 is 1.40 bits per heavy atom. The monoisotopic (exact) mass is 871 g/mol. The molecule has 3 heterocycles. The first-order valence-electron chi connectivity index (χ1n) is 22.7. The lowest BCUT2D eigenvalue weighted by Crippen LogP contribution is -2.71. The second-order valence-electron chi connectivity index (χ2n) is 16.8. The van der Waals surface area contributed by atoms with Crippen LogP contribution < -0.4 is 0 Å². The van der Waals surface area contributed by atoms with Crippen molar-refractivity contribution >= 4 is 5.97 Å². The van der Waals surface area contributed by atoms with Crippen molar-refractivity contribution < 1.29 is 89.4 Å². The molecule has 3 saturated heterocycles. The number of esters is 1. The van der Waals surface area contributed by atoms with Crippen LogP contribution in [0, 0.1) is 0 Å². The van der Waals surface area contributed by atoms with Gasteiger partial charge in [0.05, 0.1) is 19.8 Å². The largest absolute Gasteiger partial charge is 0.405 e. The van der Waals surface area contributed by atoms with Crippen LogP contribution in [0.15, 0.2) is 0 Å². The number of aliphatic hydroxyl groups is 11. The molecule has 11 N–H and O–H groups in total. The van der Waals surface area contributed by atoms with Gasteiger partial charge in [0, 0.05) is 6.42 Å². The van der Waals surface area contributed by atoms with Crippen molar-refractivity contribution in [2.75, 3.05) is 19.8 Å². The third-order valence-electron chi connectivity index (χ3n) is 11.9. The highest BCUT2D eigenvalue weighted by atomic mass is 16.9. The Morgan fingerprint density at radius 2 is 0.933 bits per heavy atom. The fraction of sp³-hybridized carbons (Fsp3) is 0.976. The minimum atomic E-state index is -2.98. The highest BCUT2D eigenvalue weighted by Crippen LogP contribution is 2.38. The van der Waals surface area contributed by atoms with Crippen LogP contribution in [-0.4, -0.2) is 174 Å². The van der Waals surface area contributed by atoms with Crippen LogP contribution in [-0.2, 0) is 33.2 Å². The molecule has 0 radical (unpaired) electrons. The summed E-state index contributed by atoms with van der Waals surface area (Å²) in [5.74, 6) is -3.94. The van der Waals surface area contributed by atoms with Crippen molar-refractivity contribution in [3.8, 4) is 0 Å². The van der Waals surface area contributed by atoms with Crippen molar-refractivity contribution in [1.82, 2.24) is 0 Å². The van der Waals surface area contributed by atoms with Crippen molar-refractivity contribution in [1.29, 1.82) is 0 Å². The number of carbonyl (C=O) groups excluding carboxylic acids is 1. The molecule has 0 aromatic rings. The molecular weight excluding hydrogens is 792 g/mol. The molecule has 0 amide bonds. The third-order valence-corrected chi connectivity index (χ3v) is 11.9. The Kier molecular flexibility index (Phi) is 25.3. The molecule has 3 aliphatic heterocycles. The maximum absolute atomic E-state index is 13.2. The Morgan fingerprint density at radius 1 is 0.500 bits per heavy atom. The molecule has 0 spiro atoms. The predicted octanol–water partition coefficient (Wildman–Crippen LogP) is 0.900. The molecule has 18 heteroatoms. The molecule has 0 aromatic heterocycles. The number of carbonyl (C=O) groups is 1. The van der Waals surface area contributed by atoms with Crippen molar-refractivity contribution in [2.24, 2.45) is 0 Å². The Labute approximate surface area is 354 Å². The zero-order chi connectivity index (χ0) is 44.1. The molecule has 15 atom stereocenters. The zero-order valence-electron chi connectivity index (χ0n) is 35.5. The van der Waals surface area contributed by atoms with E-state index in [0.717, 1.165) is 25.7 Å². The first kappa shape index (κ1) is 53.2. The summed E-state index contributed by atoms with van der Waals surface area (Å²) in [6, 6.07) is 0. The van der Waals surface area contributed by atoms with Crippen LogP contribution in [0.5, 0.6) is 0 Å². The molecule has 2 unspecified atom stereocenters. The second-order valence-corrected chi connectivity index (χ2v) is 16.8. The Hall–Kier alpha value is -1.17. The molecule has 0 bridgehead atoms. The lowest BCUT2D eigenvalue weighted by Gasteiger charge is -2.51. The molecule has 3 aliphatic rings. The van der Waals surface area contributed by atoms with E-state index in [1.807, 2.05) is 0 Å². The van der Waals surface area contributed by atoms with E-state index in [1.54, 1.807) is 0 Å². The smallest absolute Gasteiger partial charge is 0.360 e. The summed E-state index contributed by atoms with van der Waals surface area (Å²) in [5, 5.41) is 115. The zero-order valence-corrected chi connectivity index (χ0v) is 35.5. The summed E-state index contributed by atoms with van der Waals surface area (Å²) in [6.07, 6.45) is -1.29. The number of rotatable bonds is 30. The molecule has 0 saturated carbocycles. The van der Waals surface area contributed by atoms with E-state index >= 15 is 0 Å². The normalized spacial score (nSPS) is 36.1. The standard InChI is InChI=1S/C42H78O18/c1-2-3-4-5-6-7-8-9-10-11-12-13-14-15-16-17-18-19-20-21-22-23-30(46)59-42(39(53)34(50)31(47)27(24-43)58-42)60-38-29(26-45)56-41(36(52)33(38)49)57-37-28(25-44)55-40(54)35(51)32(37)48/h27-29,31-41,43-45,47-54H,2-26H2,1H3/t27-,28-,29-,31-,32-,33-,34+,35-,36-,37-,38-,39-,40+,41?,42?/m1/s1. The van der Waals surface area contributed by atoms with Gasteiger partial charge >= 0.3 is 11.9 Å². The fourth-order valence-electron chi connectivity index (χ4n) is 8.12. The first-order valence-corrected chi connectivity index (χ1v) is 22.7. The summed E-state index contributed by atoms with van der Waals surface area (Å²) in [4.78, 5) is 13.2. The number of hydrogen-bond acceptors (Lipinski definition) is 18. The van der Waals surface area contributed by atoms with Gasteiger partial charge in [0.2, 0.25) is 0 Å². The number of unbranched alkanes of at least 4 members (excludes halogenated alkanes) is 20. The van der Waals surface area contributed by atoms with E-state index in [9.17, 15) is 61.0 Å². The molecular formula is C42H78O18. The molecule has 3 rings (SSSR count). The number of ether oxygens (including phenoxy) is 6. The summed E-state index contributed by atoms with van der Waals surface area (Å²) < 4.78 is 33.0. The molecule has 3 fully saturated rings. The topological polar surface area (TPSA) is 295 Å². The van der Waals surface area contributed by atoms with Gasteiger partial charge in [-0.1, -0.05) is 135 Å². The van der Waals surface area contributed by atoms with Gasteiger partial charge in [-0.05, 0) is 6.42 Å². The van der Waals surface area contributed by atoms with Crippen LogP contribution in [0.25, 0.3) is 0 Å². The van der Waals surface area contributed by atoms with Crippen LogP contribution in [0.2, 0.25) is 0 Å². The Bertz CT molecular complexity index is 1130. The van der Waals surface area contributed by atoms with Gasteiger partial charge in [0.15, 0.2) is 18.7 Å². The van der Waals surface area contributed by atoms with Gasteiger partial charge in [-0.2, -0.15) is 0 Å². The highest BCUT2D eigenvalue weighted by molar-refractivity contribution is 5.69. The SMILES string of the molecule is CCCCCCCCCCCCCCCCCCCCCCCC(=O)OC1(O[C@H]2[C@H](O)[C@@H](O)C(O[C@H]3[C@H](O)[C@@H](O)[C@@H](O)O[C@@H]3CO)O[C@@H]2CO)O[C@H](CO)[C@@H](O)[C@H](O)[C@H]1O. The minimum absolute atomic E-state index is 0.174. The van der Waals surface area contributed by atoms with E-state index < -0.39 is 118 Å². The quantitative estimate of drug-likeness (QED) is 0.0272. The van der Waals surface area contributed by atoms with Crippen molar-refractivity contribution in [3.63, 3.8) is 0 Å². The molecule has 18 nitrogen and oxygen atoms in total. The predicted molar refractivity (Wildman–Crippen MR) is 214 cm³/mol. The second kappa shape index (κ2) is 28.6. The van der Waals surface area contributed by atoms with E-state index in [2.05, 4.69) is 6.92 Å².